The van der Waals surface area contributed by atoms with Gasteiger partial charge >= 0.3 is 12.1 Å². The van der Waals surface area contributed by atoms with Crippen molar-refractivity contribution < 1.29 is 32.2 Å². The molecular weight excluding hydrogens is 436 g/mol. The molecule has 4 rings (SSSR count). The number of carboxylic acids is 1. The molecule has 1 aliphatic rings. The van der Waals surface area contributed by atoms with Crippen LogP contribution in [0.25, 0.3) is 17.2 Å². The molecule has 0 radical (unpaired) electrons. The Kier molecular flexibility index (Phi) is 5.80. The summed E-state index contributed by atoms with van der Waals surface area (Å²) in [6.45, 7) is 1.71. The van der Waals surface area contributed by atoms with Gasteiger partial charge in [0.1, 0.15) is 17.3 Å². The number of rotatable bonds is 5. The minimum Gasteiger partial charge on any atom is -0.481 e. The lowest BCUT2D eigenvalue weighted by Gasteiger charge is -2.11. The molecule has 33 heavy (non-hydrogen) atoms. The van der Waals surface area contributed by atoms with E-state index in [2.05, 4.69) is 0 Å². The maximum absolute atomic E-state index is 13.3. The summed E-state index contributed by atoms with van der Waals surface area (Å²) in [6.07, 6.45) is -3.07. The minimum atomic E-state index is -4.51. The van der Waals surface area contributed by atoms with Crippen molar-refractivity contribution in [2.24, 2.45) is 0 Å². The maximum Gasteiger partial charge on any atom is 0.416 e. The Bertz CT molecular complexity index is 1270. The van der Waals surface area contributed by atoms with Crippen LogP contribution >= 0.6 is 0 Å². The average molecular weight is 454 g/mol. The quantitative estimate of drug-likeness (QED) is 0.408. The second kappa shape index (κ2) is 8.58. The minimum absolute atomic E-state index is 0.286. The van der Waals surface area contributed by atoms with Crippen LogP contribution in [0.15, 0.2) is 72.3 Å². The molecule has 3 aromatic rings. The van der Waals surface area contributed by atoms with Gasteiger partial charge in [0.05, 0.1) is 12.0 Å². The lowest BCUT2D eigenvalue weighted by Crippen LogP contribution is -2.05. The van der Waals surface area contributed by atoms with Gasteiger partial charge in [0.15, 0.2) is 0 Å². The summed E-state index contributed by atoms with van der Waals surface area (Å²) in [5, 5.41) is 9.28. The molecule has 0 spiro atoms. The topological polar surface area (TPSA) is 46.5 Å². The third kappa shape index (κ3) is 4.82. The van der Waals surface area contributed by atoms with Crippen LogP contribution in [0.3, 0.4) is 0 Å². The van der Waals surface area contributed by atoms with Gasteiger partial charge in [-0.2, -0.15) is 13.2 Å². The van der Waals surface area contributed by atoms with E-state index in [-0.39, 0.29) is 12.2 Å². The number of halogens is 4. The van der Waals surface area contributed by atoms with Crippen molar-refractivity contribution in [3.05, 3.63) is 100 Å². The van der Waals surface area contributed by atoms with E-state index in [9.17, 15) is 27.5 Å². The Morgan fingerprint density at radius 1 is 0.939 bits per heavy atom. The van der Waals surface area contributed by atoms with Gasteiger partial charge in [0, 0.05) is 0 Å². The molecular formula is C26H18F4O3. The van der Waals surface area contributed by atoms with Crippen LogP contribution in [0, 0.1) is 5.82 Å². The highest BCUT2D eigenvalue weighted by Crippen LogP contribution is 2.45. The Morgan fingerprint density at radius 3 is 2.12 bits per heavy atom. The van der Waals surface area contributed by atoms with Crippen LogP contribution in [-0.2, 0) is 11.0 Å². The third-order valence-electron chi connectivity index (χ3n) is 5.39. The maximum atomic E-state index is 13.3. The lowest BCUT2D eigenvalue weighted by atomic mass is 9.98. The summed E-state index contributed by atoms with van der Waals surface area (Å²) < 4.78 is 58.6. The zero-order valence-electron chi connectivity index (χ0n) is 17.4. The zero-order chi connectivity index (χ0) is 23.8. The highest BCUT2D eigenvalue weighted by molar-refractivity contribution is 6.07. The van der Waals surface area contributed by atoms with Gasteiger partial charge in [0.25, 0.3) is 0 Å². The molecule has 0 heterocycles. The number of carboxylic acid groups (broad SMARTS) is 1. The molecule has 0 fully saturated rings. The smallest absolute Gasteiger partial charge is 0.416 e. The van der Waals surface area contributed by atoms with E-state index in [0.29, 0.717) is 44.9 Å². The number of aliphatic carboxylic acids is 1. The SMILES string of the molecule is CC1=C(CC(=O)O)c2ccc(C(F)(F)F)cc2/C1=C\c1ccc(Oc2ccc(F)cc2)cc1. The molecule has 0 saturated carbocycles. The summed E-state index contributed by atoms with van der Waals surface area (Å²) in [5.41, 5.74) is 2.41. The monoisotopic (exact) mass is 454 g/mol. The summed E-state index contributed by atoms with van der Waals surface area (Å²) in [4.78, 5) is 11.3. The normalized spacial score (nSPS) is 14.5. The van der Waals surface area contributed by atoms with Gasteiger partial charge in [-0.05, 0) is 94.9 Å². The molecule has 0 aromatic heterocycles. The lowest BCUT2D eigenvalue weighted by molar-refractivity contribution is -0.138. The van der Waals surface area contributed by atoms with Crippen LogP contribution in [0.2, 0.25) is 0 Å². The fraction of sp³-hybridized carbons (Fsp3) is 0.115. The fourth-order valence-electron chi connectivity index (χ4n) is 3.78. The number of carbonyl (C=O) groups is 1. The summed E-state index contributed by atoms with van der Waals surface area (Å²) in [6, 6.07) is 15.8. The largest absolute Gasteiger partial charge is 0.481 e. The van der Waals surface area contributed by atoms with Crippen molar-refractivity contribution >= 4 is 23.2 Å². The van der Waals surface area contributed by atoms with E-state index in [1.54, 1.807) is 37.3 Å². The Balaban J connectivity index is 1.69. The molecule has 168 valence electrons. The second-order valence-electron chi connectivity index (χ2n) is 7.62. The van der Waals surface area contributed by atoms with Crippen molar-refractivity contribution in [3.8, 4) is 11.5 Å². The molecule has 0 amide bonds. The van der Waals surface area contributed by atoms with Crippen LogP contribution in [-0.4, -0.2) is 11.1 Å². The van der Waals surface area contributed by atoms with Gasteiger partial charge in [-0.1, -0.05) is 18.2 Å². The number of alkyl halides is 3. The zero-order valence-corrected chi connectivity index (χ0v) is 17.4. The van der Waals surface area contributed by atoms with Gasteiger partial charge in [-0.3, -0.25) is 4.79 Å². The molecule has 0 atom stereocenters. The van der Waals surface area contributed by atoms with Crippen molar-refractivity contribution in [1.29, 1.82) is 0 Å². The van der Waals surface area contributed by atoms with Gasteiger partial charge in [0.2, 0.25) is 0 Å². The first-order valence-electron chi connectivity index (χ1n) is 10.0. The van der Waals surface area contributed by atoms with Gasteiger partial charge < -0.3 is 9.84 Å². The molecule has 0 aliphatic heterocycles. The Hall–Kier alpha value is -3.87. The van der Waals surface area contributed by atoms with Crippen molar-refractivity contribution in [2.45, 2.75) is 19.5 Å². The fourth-order valence-corrected chi connectivity index (χ4v) is 3.78. The van der Waals surface area contributed by atoms with Crippen LogP contribution in [0.5, 0.6) is 11.5 Å². The molecule has 1 aliphatic carbocycles. The molecule has 7 heteroatoms. The van der Waals surface area contributed by atoms with E-state index in [0.717, 1.165) is 12.1 Å². The van der Waals surface area contributed by atoms with E-state index in [1.165, 1.54) is 30.3 Å². The van der Waals surface area contributed by atoms with E-state index >= 15 is 0 Å². The number of benzene rings is 3. The first kappa shape index (κ1) is 22.3. The predicted octanol–water partition coefficient (Wildman–Crippen LogP) is 7.44. The molecule has 0 unspecified atom stereocenters. The number of fused-ring (bicyclic) bond motifs is 1. The number of allylic oxidation sites excluding steroid dienone is 2. The second-order valence-corrected chi connectivity index (χ2v) is 7.62. The summed E-state index contributed by atoms with van der Waals surface area (Å²) in [5.74, 6) is -0.461. The van der Waals surface area contributed by atoms with E-state index < -0.39 is 17.7 Å². The highest BCUT2D eigenvalue weighted by Gasteiger charge is 2.33. The predicted molar refractivity (Wildman–Crippen MR) is 117 cm³/mol. The standard InChI is InChI=1S/C26H18F4O3/c1-15-22(12-16-2-7-19(8-3-16)33-20-9-5-18(27)6-10-20)24-13-17(26(28,29)30)4-11-21(24)23(15)14-25(31)32/h2-13H,14H2,1H3,(H,31,32)/b22-12-. The Morgan fingerprint density at radius 2 is 1.55 bits per heavy atom. The van der Waals surface area contributed by atoms with Crippen LogP contribution in [0.4, 0.5) is 17.6 Å². The number of hydrogen-bond donors (Lipinski definition) is 1. The van der Waals surface area contributed by atoms with Crippen molar-refractivity contribution in [1.82, 2.24) is 0 Å². The van der Waals surface area contributed by atoms with Crippen LogP contribution < -0.4 is 4.74 Å². The van der Waals surface area contributed by atoms with Gasteiger partial charge in [-0.15, -0.1) is 0 Å². The highest BCUT2D eigenvalue weighted by atomic mass is 19.4. The van der Waals surface area contributed by atoms with Crippen molar-refractivity contribution in [3.63, 3.8) is 0 Å². The Labute approximate surface area is 187 Å². The first-order valence-corrected chi connectivity index (χ1v) is 10.0. The van der Waals surface area contributed by atoms with E-state index in [4.69, 9.17) is 4.74 Å². The molecule has 0 saturated heterocycles. The third-order valence-corrected chi connectivity index (χ3v) is 5.39. The van der Waals surface area contributed by atoms with Crippen LogP contribution in [0.1, 0.15) is 35.6 Å². The molecule has 1 N–H and O–H groups in total. The van der Waals surface area contributed by atoms with Gasteiger partial charge in [-0.25, -0.2) is 4.39 Å². The van der Waals surface area contributed by atoms with E-state index in [1.807, 2.05) is 0 Å². The molecule has 0 bridgehead atoms. The first-order chi connectivity index (χ1) is 15.6. The molecule has 3 aromatic carbocycles. The average Bonchev–Trinajstić information content (AvgIpc) is 3.01. The number of ether oxygens (including phenoxy) is 1. The number of hydrogen-bond acceptors (Lipinski definition) is 2. The molecule has 3 nitrogen and oxygen atoms in total. The van der Waals surface area contributed by atoms with Crippen molar-refractivity contribution in [2.75, 3.05) is 0 Å². The summed E-state index contributed by atoms with van der Waals surface area (Å²) >= 11 is 0. The summed E-state index contributed by atoms with van der Waals surface area (Å²) in [7, 11) is 0.